The first-order valence-corrected chi connectivity index (χ1v) is 9.07. The maximum Gasteiger partial charge on any atom is 0.229 e. The zero-order chi connectivity index (χ0) is 17.9. The first-order valence-electron chi connectivity index (χ1n) is 9.07. The summed E-state index contributed by atoms with van der Waals surface area (Å²) in [6.45, 7) is 8.82. The Bertz CT molecular complexity index is 715. The average molecular weight is 377 g/mol. The highest BCUT2D eigenvalue weighted by molar-refractivity contribution is 5.92. The van der Waals surface area contributed by atoms with Gasteiger partial charge >= 0.3 is 0 Å². The third-order valence-electron chi connectivity index (χ3n) is 4.64. The first kappa shape index (κ1) is 20.5. The summed E-state index contributed by atoms with van der Waals surface area (Å²) in [5.74, 6) is 0.901. The Morgan fingerprint density at radius 3 is 2.65 bits per heavy atom. The molecule has 1 unspecified atom stereocenters. The number of nitrogens with zero attached hydrogens (tertiary/aromatic N) is 2. The second kappa shape index (κ2) is 8.69. The highest BCUT2D eigenvalue weighted by Gasteiger charge is 2.24. The number of amides is 1. The summed E-state index contributed by atoms with van der Waals surface area (Å²) in [6.07, 6.45) is 1.99. The van der Waals surface area contributed by atoms with Crippen LogP contribution < -0.4 is 10.6 Å². The van der Waals surface area contributed by atoms with Crippen LogP contribution in [0.4, 0.5) is 5.82 Å². The quantitative estimate of drug-likeness (QED) is 0.857. The molecule has 5 nitrogen and oxygen atoms in total. The van der Waals surface area contributed by atoms with Crippen LogP contribution in [0.15, 0.2) is 36.4 Å². The largest absolute Gasteiger partial charge is 0.316 e. The average Bonchev–Trinajstić information content (AvgIpc) is 2.99. The normalized spacial score (nSPS) is 17.4. The standard InChI is InChI=1S/C20H28N4O.ClH/c1-20(2,3)17-12-18(22-19(25)16-10-7-11-21-13-16)24(23-17)14-15-8-5-4-6-9-15;/h4-6,8-9,12,16,21H,7,10-11,13-14H2,1-3H3,(H,22,25);1H. The fourth-order valence-electron chi connectivity index (χ4n) is 3.06. The van der Waals surface area contributed by atoms with Crippen molar-refractivity contribution in [2.75, 3.05) is 18.4 Å². The first-order chi connectivity index (χ1) is 11.9. The lowest BCUT2D eigenvalue weighted by molar-refractivity contribution is -0.120. The molecule has 1 aromatic heterocycles. The molecule has 0 aliphatic carbocycles. The Morgan fingerprint density at radius 2 is 2.04 bits per heavy atom. The van der Waals surface area contributed by atoms with Gasteiger partial charge in [0.2, 0.25) is 5.91 Å². The van der Waals surface area contributed by atoms with Gasteiger partial charge in [-0.2, -0.15) is 5.10 Å². The smallest absolute Gasteiger partial charge is 0.229 e. The predicted octanol–water partition coefficient (Wildman–Crippen LogP) is 3.59. The third-order valence-corrected chi connectivity index (χ3v) is 4.64. The van der Waals surface area contributed by atoms with Crippen LogP contribution in [0.2, 0.25) is 0 Å². The van der Waals surface area contributed by atoms with Crippen LogP contribution in [0.5, 0.6) is 0 Å². The number of benzene rings is 1. The van der Waals surface area contributed by atoms with E-state index in [1.54, 1.807) is 0 Å². The fraction of sp³-hybridized carbons (Fsp3) is 0.500. The molecule has 0 spiro atoms. The molecule has 1 aromatic carbocycles. The molecule has 2 heterocycles. The van der Waals surface area contributed by atoms with E-state index < -0.39 is 0 Å². The van der Waals surface area contributed by atoms with Crippen LogP contribution in [0.25, 0.3) is 0 Å². The van der Waals surface area contributed by atoms with Gasteiger partial charge < -0.3 is 10.6 Å². The summed E-state index contributed by atoms with van der Waals surface area (Å²) in [5, 5.41) is 11.2. The summed E-state index contributed by atoms with van der Waals surface area (Å²) in [6, 6.07) is 12.2. The summed E-state index contributed by atoms with van der Waals surface area (Å²) >= 11 is 0. The van der Waals surface area contributed by atoms with Crippen LogP contribution in [-0.4, -0.2) is 28.8 Å². The van der Waals surface area contributed by atoms with E-state index in [0.717, 1.165) is 37.4 Å². The minimum absolute atomic E-state index is 0. The summed E-state index contributed by atoms with van der Waals surface area (Å²) in [7, 11) is 0. The number of nitrogens with one attached hydrogen (secondary N) is 2. The summed E-state index contributed by atoms with van der Waals surface area (Å²) < 4.78 is 1.91. The Balaban J connectivity index is 0.00000243. The number of anilines is 1. The SMILES string of the molecule is CC(C)(C)c1cc(NC(=O)C2CCCNC2)n(Cc2ccccc2)n1.Cl. The van der Waals surface area contributed by atoms with Crippen LogP contribution in [-0.2, 0) is 16.8 Å². The molecule has 6 heteroatoms. The minimum Gasteiger partial charge on any atom is -0.316 e. The molecule has 2 N–H and O–H groups in total. The Hall–Kier alpha value is -1.85. The van der Waals surface area contributed by atoms with E-state index in [9.17, 15) is 4.79 Å². The molecule has 3 rings (SSSR count). The van der Waals surface area contributed by atoms with Crippen molar-refractivity contribution < 1.29 is 4.79 Å². The molecule has 1 amide bonds. The summed E-state index contributed by atoms with van der Waals surface area (Å²) in [5.41, 5.74) is 2.09. The molecule has 1 fully saturated rings. The molecule has 0 saturated carbocycles. The lowest BCUT2D eigenvalue weighted by atomic mass is 9.92. The van der Waals surface area contributed by atoms with E-state index in [1.165, 1.54) is 5.56 Å². The lowest BCUT2D eigenvalue weighted by Gasteiger charge is -2.22. The van der Waals surface area contributed by atoms with Gasteiger partial charge in [-0.25, -0.2) is 4.68 Å². The maximum atomic E-state index is 12.6. The highest BCUT2D eigenvalue weighted by atomic mass is 35.5. The number of carbonyl (C=O) groups excluding carboxylic acids is 1. The van der Waals surface area contributed by atoms with Crippen LogP contribution in [0, 0.1) is 5.92 Å². The molecule has 1 aliphatic heterocycles. The van der Waals surface area contributed by atoms with Crippen molar-refractivity contribution in [2.45, 2.75) is 45.6 Å². The van der Waals surface area contributed by atoms with Gasteiger partial charge in [0, 0.05) is 18.0 Å². The van der Waals surface area contributed by atoms with Crippen molar-refractivity contribution in [1.29, 1.82) is 0 Å². The highest BCUT2D eigenvalue weighted by Crippen LogP contribution is 2.25. The topological polar surface area (TPSA) is 59.0 Å². The number of hydrogen-bond donors (Lipinski definition) is 2. The number of rotatable bonds is 4. The Kier molecular flexibility index (Phi) is 6.84. The maximum absolute atomic E-state index is 12.6. The molecule has 26 heavy (non-hydrogen) atoms. The third kappa shape index (κ3) is 5.08. The van der Waals surface area contributed by atoms with E-state index in [2.05, 4.69) is 43.5 Å². The van der Waals surface area contributed by atoms with Crippen molar-refractivity contribution in [1.82, 2.24) is 15.1 Å². The van der Waals surface area contributed by atoms with Gasteiger partial charge in [0.05, 0.1) is 18.2 Å². The molecule has 0 radical (unpaired) electrons. The van der Waals surface area contributed by atoms with Gasteiger partial charge in [0.25, 0.3) is 0 Å². The number of carbonyl (C=O) groups is 1. The number of piperidine rings is 1. The summed E-state index contributed by atoms with van der Waals surface area (Å²) in [4.78, 5) is 12.6. The van der Waals surface area contributed by atoms with E-state index in [4.69, 9.17) is 5.10 Å². The van der Waals surface area contributed by atoms with Gasteiger partial charge in [0.15, 0.2) is 0 Å². The Morgan fingerprint density at radius 1 is 1.31 bits per heavy atom. The van der Waals surface area contributed by atoms with Crippen molar-refractivity contribution in [3.05, 3.63) is 47.7 Å². The second-order valence-corrected chi connectivity index (χ2v) is 7.84. The molecule has 1 aliphatic rings. The molecule has 1 saturated heterocycles. The lowest BCUT2D eigenvalue weighted by Crippen LogP contribution is -2.37. The van der Waals surface area contributed by atoms with Gasteiger partial charge in [0.1, 0.15) is 5.82 Å². The second-order valence-electron chi connectivity index (χ2n) is 7.84. The van der Waals surface area contributed by atoms with Crippen molar-refractivity contribution in [3.8, 4) is 0 Å². The van der Waals surface area contributed by atoms with Crippen molar-refractivity contribution in [3.63, 3.8) is 0 Å². The van der Waals surface area contributed by atoms with Crippen LogP contribution in [0.1, 0.15) is 44.9 Å². The van der Waals surface area contributed by atoms with Crippen LogP contribution in [0.3, 0.4) is 0 Å². The molecule has 0 bridgehead atoms. The fourth-order valence-corrected chi connectivity index (χ4v) is 3.06. The number of halogens is 1. The van der Waals surface area contributed by atoms with Gasteiger partial charge in [-0.05, 0) is 24.9 Å². The predicted molar refractivity (Wildman–Crippen MR) is 108 cm³/mol. The Labute approximate surface area is 162 Å². The number of aromatic nitrogens is 2. The van der Waals surface area contributed by atoms with Crippen molar-refractivity contribution >= 4 is 24.1 Å². The molecule has 2 aromatic rings. The van der Waals surface area contributed by atoms with Crippen molar-refractivity contribution in [2.24, 2.45) is 5.92 Å². The van der Waals surface area contributed by atoms with E-state index in [0.29, 0.717) is 6.54 Å². The van der Waals surface area contributed by atoms with Gasteiger partial charge in [-0.15, -0.1) is 12.4 Å². The molecule has 142 valence electrons. The zero-order valence-corrected chi connectivity index (χ0v) is 16.6. The molecular formula is C20H29ClN4O. The molecular weight excluding hydrogens is 348 g/mol. The minimum atomic E-state index is -0.0617. The van der Waals surface area contributed by atoms with E-state index >= 15 is 0 Å². The monoisotopic (exact) mass is 376 g/mol. The van der Waals surface area contributed by atoms with Crippen LogP contribution >= 0.6 is 12.4 Å². The van der Waals surface area contributed by atoms with Gasteiger partial charge in [-0.3, -0.25) is 4.79 Å². The number of hydrogen-bond acceptors (Lipinski definition) is 3. The zero-order valence-electron chi connectivity index (χ0n) is 15.8. The van der Waals surface area contributed by atoms with E-state index in [-0.39, 0.29) is 29.6 Å². The van der Waals surface area contributed by atoms with E-state index in [1.807, 2.05) is 28.9 Å². The van der Waals surface area contributed by atoms with Gasteiger partial charge in [-0.1, -0.05) is 51.1 Å². The molecule has 1 atom stereocenters.